The Labute approximate surface area is 115 Å². The number of ether oxygens (including phenoxy) is 2. The molecule has 0 saturated heterocycles. The molecule has 1 aromatic rings. The maximum Gasteiger partial charge on any atom is 0.488 e. The van der Waals surface area contributed by atoms with E-state index in [0.29, 0.717) is 30.3 Å². The van der Waals surface area contributed by atoms with E-state index < -0.39 is 7.12 Å². The van der Waals surface area contributed by atoms with Crippen molar-refractivity contribution in [2.75, 3.05) is 13.7 Å². The van der Waals surface area contributed by atoms with Crippen LogP contribution in [-0.4, -0.2) is 30.9 Å². The van der Waals surface area contributed by atoms with Crippen molar-refractivity contribution in [3.63, 3.8) is 0 Å². The summed E-state index contributed by atoms with van der Waals surface area (Å²) in [6.07, 6.45) is 2.18. The first-order valence-corrected chi connectivity index (χ1v) is 6.65. The quantitative estimate of drug-likeness (QED) is 0.550. The van der Waals surface area contributed by atoms with E-state index in [-0.39, 0.29) is 0 Å². The van der Waals surface area contributed by atoms with Crippen LogP contribution in [0.2, 0.25) is 0 Å². The van der Waals surface area contributed by atoms with Gasteiger partial charge in [0.2, 0.25) is 0 Å². The predicted octanol–water partition coefficient (Wildman–Crippen LogP) is 1.33. The lowest BCUT2D eigenvalue weighted by Crippen LogP contribution is -2.30. The summed E-state index contributed by atoms with van der Waals surface area (Å²) in [7, 11) is 0.123. The van der Waals surface area contributed by atoms with Gasteiger partial charge in [0.1, 0.15) is 5.75 Å². The van der Waals surface area contributed by atoms with E-state index in [2.05, 4.69) is 13.8 Å². The van der Waals surface area contributed by atoms with Crippen LogP contribution in [0.25, 0.3) is 0 Å². The monoisotopic (exact) mass is 266 g/mol. The third-order valence-electron chi connectivity index (χ3n) is 2.93. The van der Waals surface area contributed by atoms with Gasteiger partial charge in [-0.05, 0) is 30.3 Å². The minimum Gasteiger partial charge on any atom is -0.496 e. The summed E-state index contributed by atoms with van der Waals surface area (Å²) in [5, 5.41) is 18.3. The molecule has 4 nitrogen and oxygen atoms in total. The van der Waals surface area contributed by atoms with Crippen LogP contribution in [0.4, 0.5) is 0 Å². The summed E-state index contributed by atoms with van der Waals surface area (Å²) in [4.78, 5) is 0. The van der Waals surface area contributed by atoms with Crippen molar-refractivity contribution in [3.05, 3.63) is 23.8 Å². The molecule has 106 valence electrons. The van der Waals surface area contributed by atoms with E-state index in [1.807, 2.05) is 0 Å². The third kappa shape index (κ3) is 5.64. The molecule has 1 aromatic carbocycles. The number of hydrogen-bond acceptors (Lipinski definition) is 4. The lowest BCUT2D eigenvalue weighted by Gasteiger charge is -2.11. The second-order valence-electron chi connectivity index (χ2n) is 5.03. The summed E-state index contributed by atoms with van der Waals surface area (Å²) < 4.78 is 10.8. The van der Waals surface area contributed by atoms with Crippen LogP contribution in [0.3, 0.4) is 0 Å². The second-order valence-corrected chi connectivity index (χ2v) is 5.03. The van der Waals surface area contributed by atoms with Crippen LogP contribution in [-0.2, 0) is 11.3 Å². The first-order chi connectivity index (χ1) is 9.04. The van der Waals surface area contributed by atoms with Gasteiger partial charge in [-0.25, -0.2) is 0 Å². The highest BCUT2D eigenvalue weighted by molar-refractivity contribution is 6.58. The van der Waals surface area contributed by atoms with Gasteiger partial charge in [0, 0.05) is 12.2 Å². The Morgan fingerprint density at radius 3 is 2.58 bits per heavy atom. The molecule has 0 atom stereocenters. The number of rotatable bonds is 8. The molecule has 0 heterocycles. The van der Waals surface area contributed by atoms with Gasteiger partial charge in [-0.3, -0.25) is 0 Å². The van der Waals surface area contributed by atoms with Gasteiger partial charge < -0.3 is 19.5 Å². The standard InChI is InChI=1S/C14H23BO4/c1-11(2)5-4-8-19-10-12-9-13(15(16)17)6-7-14(12)18-3/h6-7,9,11,16-17H,4-5,8,10H2,1-3H3. The first kappa shape index (κ1) is 16.0. The van der Waals surface area contributed by atoms with E-state index in [0.717, 1.165) is 18.4 Å². The summed E-state index contributed by atoms with van der Waals surface area (Å²) in [5.74, 6) is 1.39. The van der Waals surface area contributed by atoms with Crippen LogP contribution >= 0.6 is 0 Å². The largest absolute Gasteiger partial charge is 0.496 e. The van der Waals surface area contributed by atoms with Crippen LogP contribution < -0.4 is 10.2 Å². The van der Waals surface area contributed by atoms with Crippen molar-refractivity contribution in [1.29, 1.82) is 0 Å². The molecule has 0 radical (unpaired) electrons. The second kappa shape index (κ2) is 8.20. The van der Waals surface area contributed by atoms with Crippen molar-refractivity contribution >= 4 is 12.6 Å². The van der Waals surface area contributed by atoms with E-state index in [1.165, 1.54) is 0 Å². The van der Waals surface area contributed by atoms with Gasteiger partial charge in [0.05, 0.1) is 13.7 Å². The van der Waals surface area contributed by atoms with Crippen molar-refractivity contribution in [2.45, 2.75) is 33.3 Å². The van der Waals surface area contributed by atoms with Crippen molar-refractivity contribution in [1.82, 2.24) is 0 Å². The molecule has 0 aromatic heterocycles. The molecule has 2 N–H and O–H groups in total. The fraction of sp³-hybridized carbons (Fsp3) is 0.571. The summed E-state index contributed by atoms with van der Waals surface area (Å²) in [6.45, 7) is 5.50. The zero-order chi connectivity index (χ0) is 14.3. The zero-order valence-corrected chi connectivity index (χ0v) is 11.9. The molecular formula is C14H23BO4. The van der Waals surface area contributed by atoms with E-state index in [4.69, 9.17) is 19.5 Å². The van der Waals surface area contributed by atoms with E-state index in [1.54, 1.807) is 25.3 Å². The highest BCUT2D eigenvalue weighted by atomic mass is 16.5. The van der Waals surface area contributed by atoms with Crippen molar-refractivity contribution in [2.24, 2.45) is 5.92 Å². The Morgan fingerprint density at radius 1 is 1.26 bits per heavy atom. The van der Waals surface area contributed by atoms with Gasteiger partial charge >= 0.3 is 7.12 Å². The first-order valence-electron chi connectivity index (χ1n) is 6.65. The number of benzene rings is 1. The molecule has 0 aliphatic heterocycles. The van der Waals surface area contributed by atoms with E-state index >= 15 is 0 Å². The van der Waals surface area contributed by atoms with Crippen LogP contribution in [0, 0.1) is 5.92 Å². The van der Waals surface area contributed by atoms with Gasteiger partial charge in [-0.2, -0.15) is 0 Å². The number of methoxy groups -OCH3 is 1. The van der Waals surface area contributed by atoms with Gasteiger partial charge in [-0.15, -0.1) is 0 Å². The van der Waals surface area contributed by atoms with Crippen LogP contribution in [0.5, 0.6) is 5.75 Å². The molecule has 0 aliphatic carbocycles. The Kier molecular flexibility index (Phi) is 6.91. The third-order valence-corrected chi connectivity index (χ3v) is 2.93. The minimum atomic E-state index is -1.47. The Morgan fingerprint density at radius 2 is 2.00 bits per heavy atom. The van der Waals surface area contributed by atoms with Crippen LogP contribution in [0.15, 0.2) is 18.2 Å². The molecule has 0 spiro atoms. The number of hydrogen-bond donors (Lipinski definition) is 2. The SMILES string of the molecule is COc1ccc(B(O)O)cc1COCCCC(C)C. The highest BCUT2D eigenvalue weighted by Crippen LogP contribution is 2.17. The van der Waals surface area contributed by atoms with E-state index in [9.17, 15) is 0 Å². The molecule has 0 bridgehead atoms. The Bertz CT molecular complexity index is 380. The smallest absolute Gasteiger partial charge is 0.488 e. The fourth-order valence-electron chi connectivity index (χ4n) is 1.85. The molecule has 0 amide bonds. The lowest BCUT2D eigenvalue weighted by atomic mass is 9.79. The zero-order valence-electron chi connectivity index (χ0n) is 11.9. The Balaban J connectivity index is 2.53. The molecule has 0 fully saturated rings. The van der Waals surface area contributed by atoms with Gasteiger partial charge in [-0.1, -0.05) is 26.0 Å². The Hall–Kier alpha value is -1.04. The highest BCUT2D eigenvalue weighted by Gasteiger charge is 2.13. The fourth-order valence-corrected chi connectivity index (χ4v) is 1.85. The predicted molar refractivity (Wildman–Crippen MR) is 76.5 cm³/mol. The minimum absolute atomic E-state index is 0.418. The molecule has 19 heavy (non-hydrogen) atoms. The molecule has 5 heteroatoms. The maximum atomic E-state index is 9.16. The normalized spacial score (nSPS) is 10.8. The van der Waals surface area contributed by atoms with Crippen molar-refractivity contribution < 1.29 is 19.5 Å². The van der Waals surface area contributed by atoms with Crippen LogP contribution in [0.1, 0.15) is 32.3 Å². The molecule has 0 saturated carbocycles. The molecular weight excluding hydrogens is 243 g/mol. The summed E-state index contributed by atoms with van der Waals surface area (Å²) in [6, 6.07) is 5.05. The topological polar surface area (TPSA) is 58.9 Å². The maximum absolute atomic E-state index is 9.16. The summed E-state index contributed by atoms with van der Waals surface area (Å²) >= 11 is 0. The van der Waals surface area contributed by atoms with Crippen molar-refractivity contribution in [3.8, 4) is 5.75 Å². The summed E-state index contributed by atoms with van der Waals surface area (Å²) in [5.41, 5.74) is 1.28. The lowest BCUT2D eigenvalue weighted by molar-refractivity contribution is 0.113. The average molecular weight is 266 g/mol. The molecule has 0 aliphatic rings. The molecule has 0 unspecified atom stereocenters. The van der Waals surface area contributed by atoms with Gasteiger partial charge in [0.15, 0.2) is 0 Å². The average Bonchev–Trinajstić information content (AvgIpc) is 2.37. The van der Waals surface area contributed by atoms with Gasteiger partial charge in [0.25, 0.3) is 0 Å². The molecule has 1 rings (SSSR count).